The van der Waals surface area contributed by atoms with E-state index in [1.807, 2.05) is 10.6 Å². The summed E-state index contributed by atoms with van der Waals surface area (Å²) in [5.41, 5.74) is 0.752. The summed E-state index contributed by atoms with van der Waals surface area (Å²) >= 11 is 5.21. The maximum atomic E-state index is 5.21. The average Bonchev–Trinajstić information content (AvgIpc) is 2.68. The molecule has 0 radical (unpaired) electrons. The summed E-state index contributed by atoms with van der Waals surface area (Å²) in [5, 5.41) is 13.8. The van der Waals surface area contributed by atoms with Gasteiger partial charge in [-0.15, -0.1) is 0 Å². The predicted octanol–water partition coefficient (Wildman–Crippen LogP) is 2.09. The Morgan fingerprint density at radius 1 is 1.33 bits per heavy atom. The fourth-order valence-corrected chi connectivity index (χ4v) is 1.89. The number of nitrogens with zero attached hydrogens (tertiary/aromatic N) is 3. The molecule has 0 unspecified atom stereocenters. The zero-order valence-electron chi connectivity index (χ0n) is 8.90. The van der Waals surface area contributed by atoms with Crippen LogP contribution in [0.4, 0.5) is 0 Å². The summed E-state index contributed by atoms with van der Waals surface area (Å²) in [4.78, 5) is 0. The van der Waals surface area contributed by atoms with Gasteiger partial charge in [0.05, 0.1) is 0 Å². The fraction of sp³-hybridized carbons (Fsp3) is 0.444. The van der Waals surface area contributed by atoms with E-state index in [0.717, 1.165) is 11.5 Å². The van der Waals surface area contributed by atoms with E-state index in [0.29, 0.717) is 4.77 Å². The van der Waals surface area contributed by atoms with E-state index < -0.39 is 0 Å². The van der Waals surface area contributed by atoms with Gasteiger partial charge in [0.2, 0.25) is 0 Å². The van der Waals surface area contributed by atoms with Crippen LogP contribution in [0, 0.1) is 4.77 Å². The van der Waals surface area contributed by atoms with E-state index in [9.17, 15) is 0 Å². The molecule has 0 aliphatic heterocycles. The van der Waals surface area contributed by atoms with Crippen molar-refractivity contribution < 1.29 is 0 Å². The van der Waals surface area contributed by atoms with Crippen LogP contribution in [0.2, 0.25) is 0 Å². The van der Waals surface area contributed by atoms with Gasteiger partial charge in [0.15, 0.2) is 10.6 Å². The molecule has 0 amide bonds. The molecule has 0 atom stereocenters. The topological polar surface area (TPSA) is 62.3 Å². The van der Waals surface area contributed by atoms with Crippen molar-refractivity contribution in [3.05, 3.63) is 17.0 Å². The maximum absolute atomic E-state index is 5.21. The summed E-state index contributed by atoms with van der Waals surface area (Å²) in [6, 6.07) is 1.87. The van der Waals surface area contributed by atoms with Crippen molar-refractivity contribution in [2.24, 2.45) is 0 Å². The minimum atomic E-state index is -0.107. The van der Waals surface area contributed by atoms with Crippen molar-refractivity contribution in [1.82, 2.24) is 25.0 Å². The number of nitrogens with one attached hydrogen (secondary N) is 2. The molecule has 0 saturated carbocycles. The lowest BCUT2D eigenvalue weighted by atomic mass is 10.1. The van der Waals surface area contributed by atoms with E-state index in [2.05, 4.69) is 41.2 Å². The molecule has 2 heterocycles. The zero-order valence-corrected chi connectivity index (χ0v) is 9.72. The van der Waals surface area contributed by atoms with Gasteiger partial charge in [0, 0.05) is 11.7 Å². The quantitative estimate of drug-likeness (QED) is 0.728. The maximum Gasteiger partial charge on any atom is 0.195 e. The minimum Gasteiger partial charge on any atom is -0.293 e. The molecule has 0 aliphatic carbocycles. The van der Waals surface area contributed by atoms with Gasteiger partial charge in [0.1, 0.15) is 5.69 Å². The van der Waals surface area contributed by atoms with Crippen LogP contribution in [0.15, 0.2) is 12.3 Å². The molecule has 2 rings (SSSR count). The average molecular weight is 223 g/mol. The van der Waals surface area contributed by atoms with Crippen LogP contribution in [0.1, 0.15) is 20.8 Å². The first-order valence-corrected chi connectivity index (χ1v) is 5.08. The molecule has 5 nitrogen and oxygen atoms in total. The SMILES string of the molecule is CC(C)(C)n1c(-c2ccn[nH]2)n[nH]c1=S. The highest BCUT2D eigenvalue weighted by Crippen LogP contribution is 2.22. The standard InChI is InChI=1S/C9H13N5S/c1-9(2,3)14-7(12-13-8(14)15)6-4-5-10-11-6/h4-5H,1-3H3,(H,10,11)(H,13,15). The first-order chi connectivity index (χ1) is 7.00. The van der Waals surface area contributed by atoms with Gasteiger partial charge in [-0.05, 0) is 39.1 Å². The Morgan fingerprint density at radius 2 is 2.07 bits per heavy atom. The lowest BCUT2D eigenvalue weighted by Crippen LogP contribution is -2.23. The van der Waals surface area contributed by atoms with Crippen molar-refractivity contribution in [2.45, 2.75) is 26.3 Å². The van der Waals surface area contributed by atoms with Crippen LogP contribution >= 0.6 is 12.2 Å². The Labute approximate surface area is 92.5 Å². The lowest BCUT2D eigenvalue weighted by Gasteiger charge is -2.21. The van der Waals surface area contributed by atoms with Gasteiger partial charge in [-0.2, -0.15) is 10.2 Å². The Morgan fingerprint density at radius 3 is 2.60 bits per heavy atom. The summed E-state index contributed by atoms with van der Waals surface area (Å²) < 4.78 is 2.59. The molecular weight excluding hydrogens is 210 g/mol. The van der Waals surface area contributed by atoms with Crippen LogP contribution in [-0.4, -0.2) is 25.0 Å². The molecule has 15 heavy (non-hydrogen) atoms. The molecule has 2 aromatic heterocycles. The largest absolute Gasteiger partial charge is 0.293 e. The fourth-order valence-electron chi connectivity index (χ4n) is 1.48. The molecule has 2 N–H and O–H groups in total. The number of aromatic nitrogens is 5. The highest BCUT2D eigenvalue weighted by Gasteiger charge is 2.20. The number of rotatable bonds is 1. The number of H-pyrrole nitrogens is 2. The third-order valence-electron chi connectivity index (χ3n) is 2.08. The van der Waals surface area contributed by atoms with E-state index in [-0.39, 0.29) is 5.54 Å². The second-order valence-electron chi connectivity index (χ2n) is 4.33. The van der Waals surface area contributed by atoms with Gasteiger partial charge in [-0.3, -0.25) is 14.8 Å². The minimum absolute atomic E-state index is 0.107. The molecule has 0 fully saturated rings. The van der Waals surface area contributed by atoms with Crippen molar-refractivity contribution in [3.8, 4) is 11.5 Å². The van der Waals surface area contributed by atoms with Crippen molar-refractivity contribution >= 4 is 12.2 Å². The van der Waals surface area contributed by atoms with E-state index in [1.165, 1.54) is 0 Å². The second-order valence-corrected chi connectivity index (χ2v) is 4.72. The Bertz CT molecular complexity index is 499. The van der Waals surface area contributed by atoms with Crippen molar-refractivity contribution in [1.29, 1.82) is 0 Å². The Balaban J connectivity index is 2.65. The van der Waals surface area contributed by atoms with Gasteiger partial charge >= 0.3 is 0 Å². The Hall–Kier alpha value is -1.43. The van der Waals surface area contributed by atoms with Gasteiger partial charge in [0.25, 0.3) is 0 Å². The van der Waals surface area contributed by atoms with Gasteiger partial charge < -0.3 is 0 Å². The third kappa shape index (κ3) is 1.72. The first-order valence-electron chi connectivity index (χ1n) is 4.68. The summed E-state index contributed by atoms with van der Waals surface area (Å²) in [5.74, 6) is 0.782. The lowest BCUT2D eigenvalue weighted by molar-refractivity contribution is 0.395. The number of hydrogen-bond donors (Lipinski definition) is 2. The summed E-state index contributed by atoms with van der Waals surface area (Å²) in [6.07, 6.45) is 1.69. The molecule has 6 heteroatoms. The van der Waals surface area contributed by atoms with Crippen LogP contribution in [0.25, 0.3) is 11.5 Å². The normalized spacial score (nSPS) is 11.9. The van der Waals surface area contributed by atoms with Crippen LogP contribution in [-0.2, 0) is 5.54 Å². The molecule has 2 aromatic rings. The van der Waals surface area contributed by atoms with Crippen molar-refractivity contribution in [2.75, 3.05) is 0 Å². The van der Waals surface area contributed by atoms with E-state index in [4.69, 9.17) is 12.2 Å². The molecule has 0 aliphatic rings. The molecule has 0 spiro atoms. The summed E-state index contributed by atoms with van der Waals surface area (Å²) in [6.45, 7) is 6.24. The molecule has 0 bridgehead atoms. The van der Waals surface area contributed by atoms with Gasteiger partial charge in [-0.25, -0.2) is 0 Å². The third-order valence-corrected chi connectivity index (χ3v) is 2.36. The molecular formula is C9H13N5S. The highest BCUT2D eigenvalue weighted by atomic mass is 32.1. The predicted molar refractivity (Wildman–Crippen MR) is 60.0 cm³/mol. The van der Waals surface area contributed by atoms with Crippen molar-refractivity contribution in [3.63, 3.8) is 0 Å². The first kappa shape index (κ1) is 10.1. The highest BCUT2D eigenvalue weighted by molar-refractivity contribution is 7.71. The zero-order chi connectivity index (χ0) is 11.1. The van der Waals surface area contributed by atoms with Crippen LogP contribution < -0.4 is 0 Å². The monoisotopic (exact) mass is 223 g/mol. The number of hydrogen-bond acceptors (Lipinski definition) is 3. The van der Waals surface area contributed by atoms with Crippen LogP contribution in [0.3, 0.4) is 0 Å². The molecule has 80 valence electrons. The van der Waals surface area contributed by atoms with Gasteiger partial charge in [-0.1, -0.05) is 0 Å². The number of aromatic amines is 2. The summed E-state index contributed by atoms with van der Waals surface area (Å²) in [7, 11) is 0. The van der Waals surface area contributed by atoms with E-state index >= 15 is 0 Å². The Kier molecular flexibility index (Phi) is 2.22. The van der Waals surface area contributed by atoms with Crippen LogP contribution in [0.5, 0.6) is 0 Å². The molecule has 0 aromatic carbocycles. The molecule has 0 saturated heterocycles. The van der Waals surface area contributed by atoms with E-state index in [1.54, 1.807) is 6.20 Å². The second kappa shape index (κ2) is 3.30. The smallest absolute Gasteiger partial charge is 0.195 e.